The first-order chi connectivity index (χ1) is 22.1. The maximum absolute atomic E-state index is 2.53. The van der Waals surface area contributed by atoms with Gasteiger partial charge in [0, 0.05) is 47.3 Å². The van der Waals surface area contributed by atoms with E-state index < -0.39 is 0 Å². The quantitative estimate of drug-likeness (QED) is 0.179. The largest absolute Gasteiger partial charge is 0.309 e. The Hall–Kier alpha value is -5.18. The van der Waals surface area contributed by atoms with E-state index in [1.165, 1.54) is 103 Å². The SMILES string of the molecule is CC1(C)c2ccccc2-c2cc3c4ccccc4n(-c4ccc5c6c(cccc46)-c4ccc6c(sc7ccccc76)c4-5)c3cc21. The monoisotopic (exact) mass is 589 g/mol. The smallest absolute Gasteiger partial charge is 0.0544 e. The van der Waals surface area contributed by atoms with Crippen LogP contribution in [0.25, 0.3) is 91.8 Å². The van der Waals surface area contributed by atoms with Crippen LogP contribution < -0.4 is 0 Å². The molecule has 0 atom stereocenters. The van der Waals surface area contributed by atoms with Crippen LogP contribution >= 0.6 is 11.3 Å². The third-order valence-corrected chi connectivity index (χ3v) is 11.9. The number of rotatable bonds is 1. The molecule has 2 aromatic heterocycles. The lowest BCUT2D eigenvalue weighted by atomic mass is 9.82. The average molecular weight is 590 g/mol. The molecule has 11 rings (SSSR count). The maximum Gasteiger partial charge on any atom is 0.0544 e. The van der Waals surface area contributed by atoms with Crippen LogP contribution in [-0.4, -0.2) is 4.57 Å². The molecule has 0 bridgehead atoms. The van der Waals surface area contributed by atoms with Gasteiger partial charge in [-0.05, 0) is 74.7 Å². The van der Waals surface area contributed by atoms with Gasteiger partial charge in [0.1, 0.15) is 0 Å². The van der Waals surface area contributed by atoms with Gasteiger partial charge in [-0.2, -0.15) is 0 Å². The number of hydrogen-bond donors (Lipinski definition) is 0. The fourth-order valence-corrected chi connectivity index (χ4v) is 9.99. The lowest BCUT2D eigenvalue weighted by Gasteiger charge is -2.22. The fraction of sp³-hybridized carbons (Fsp3) is 0.0698. The highest BCUT2D eigenvalue weighted by Gasteiger charge is 2.36. The summed E-state index contributed by atoms with van der Waals surface area (Å²) in [4.78, 5) is 0. The second-order valence-electron chi connectivity index (χ2n) is 13.3. The Morgan fingerprint density at radius 2 is 1.24 bits per heavy atom. The van der Waals surface area contributed by atoms with Gasteiger partial charge in [-0.3, -0.25) is 0 Å². The van der Waals surface area contributed by atoms with Crippen LogP contribution in [0.15, 0.2) is 127 Å². The molecule has 0 unspecified atom stereocenters. The van der Waals surface area contributed by atoms with E-state index in [-0.39, 0.29) is 5.41 Å². The van der Waals surface area contributed by atoms with Crippen LogP contribution in [0, 0.1) is 0 Å². The highest BCUT2D eigenvalue weighted by atomic mass is 32.1. The third-order valence-electron chi connectivity index (χ3n) is 10.7. The molecule has 0 fully saturated rings. The predicted molar refractivity (Wildman–Crippen MR) is 193 cm³/mol. The number of nitrogens with zero attached hydrogens (tertiary/aromatic N) is 1. The van der Waals surface area contributed by atoms with Gasteiger partial charge < -0.3 is 4.57 Å². The molecule has 2 aliphatic carbocycles. The molecule has 7 aromatic carbocycles. The molecule has 0 radical (unpaired) electrons. The van der Waals surface area contributed by atoms with Crippen molar-refractivity contribution in [2.45, 2.75) is 19.3 Å². The first kappa shape index (κ1) is 24.2. The van der Waals surface area contributed by atoms with E-state index in [4.69, 9.17) is 0 Å². The highest BCUT2D eigenvalue weighted by Crippen LogP contribution is 2.55. The normalized spacial score (nSPS) is 14.2. The van der Waals surface area contributed by atoms with E-state index in [9.17, 15) is 0 Å². The Balaban J connectivity index is 1.23. The Morgan fingerprint density at radius 1 is 0.489 bits per heavy atom. The number of thiophene rings is 1. The van der Waals surface area contributed by atoms with Crippen molar-refractivity contribution in [2.75, 3.05) is 0 Å². The van der Waals surface area contributed by atoms with Crippen LogP contribution in [0.3, 0.4) is 0 Å². The van der Waals surface area contributed by atoms with Gasteiger partial charge in [-0.25, -0.2) is 0 Å². The van der Waals surface area contributed by atoms with E-state index in [2.05, 4.69) is 146 Å². The Kier molecular flexibility index (Phi) is 4.35. The second kappa shape index (κ2) is 8.10. The first-order valence-electron chi connectivity index (χ1n) is 15.8. The summed E-state index contributed by atoms with van der Waals surface area (Å²) in [5, 5.41) is 8.01. The van der Waals surface area contributed by atoms with Gasteiger partial charge in [0.2, 0.25) is 0 Å². The minimum Gasteiger partial charge on any atom is -0.309 e. The van der Waals surface area contributed by atoms with Crippen molar-refractivity contribution < 1.29 is 0 Å². The molecule has 0 saturated carbocycles. The first-order valence-corrected chi connectivity index (χ1v) is 16.6. The van der Waals surface area contributed by atoms with Gasteiger partial charge in [0.25, 0.3) is 0 Å². The molecular weight excluding hydrogens is 563 g/mol. The Bertz CT molecular complexity index is 2790. The minimum absolute atomic E-state index is 0.0549. The number of para-hydroxylation sites is 1. The number of benzene rings is 7. The van der Waals surface area contributed by atoms with Crippen molar-refractivity contribution in [1.29, 1.82) is 0 Å². The predicted octanol–water partition coefficient (Wildman–Crippen LogP) is 12.3. The van der Waals surface area contributed by atoms with Crippen molar-refractivity contribution >= 4 is 64.1 Å². The fourth-order valence-electron chi connectivity index (χ4n) is 8.72. The van der Waals surface area contributed by atoms with E-state index in [1.54, 1.807) is 0 Å². The van der Waals surface area contributed by atoms with Crippen LogP contribution in [-0.2, 0) is 5.41 Å². The summed E-state index contributed by atoms with van der Waals surface area (Å²) in [6.07, 6.45) is 0. The second-order valence-corrected chi connectivity index (χ2v) is 14.3. The molecule has 0 N–H and O–H groups in total. The summed E-state index contributed by atoms with van der Waals surface area (Å²) < 4.78 is 5.28. The zero-order valence-corrected chi connectivity index (χ0v) is 25.8. The molecule has 2 aliphatic rings. The summed E-state index contributed by atoms with van der Waals surface area (Å²) in [5.41, 5.74) is 14.7. The van der Waals surface area contributed by atoms with E-state index >= 15 is 0 Å². The lowest BCUT2D eigenvalue weighted by Crippen LogP contribution is -2.15. The summed E-state index contributed by atoms with van der Waals surface area (Å²) in [5.74, 6) is 0. The molecule has 2 heteroatoms. The molecule has 0 spiro atoms. The highest BCUT2D eigenvalue weighted by molar-refractivity contribution is 7.26. The van der Waals surface area contributed by atoms with Gasteiger partial charge in [-0.1, -0.05) is 111 Å². The minimum atomic E-state index is -0.0549. The number of aromatic nitrogens is 1. The van der Waals surface area contributed by atoms with Crippen molar-refractivity contribution in [3.8, 4) is 39.1 Å². The van der Waals surface area contributed by atoms with Crippen LogP contribution in [0.1, 0.15) is 25.0 Å². The topological polar surface area (TPSA) is 4.93 Å². The van der Waals surface area contributed by atoms with E-state index in [0.29, 0.717) is 0 Å². The molecule has 0 aliphatic heterocycles. The number of fused-ring (bicyclic) bond motifs is 13. The van der Waals surface area contributed by atoms with E-state index in [0.717, 1.165) is 0 Å². The third kappa shape index (κ3) is 2.85. The Morgan fingerprint density at radius 3 is 2.18 bits per heavy atom. The van der Waals surface area contributed by atoms with Crippen LogP contribution in [0.2, 0.25) is 0 Å². The van der Waals surface area contributed by atoms with Gasteiger partial charge in [0.05, 0.1) is 16.7 Å². The summed E-state index contributed by atoms with van der Waals surface area (Å²) in [6.45, 7) is 4.75. The number of hydrogen-bond acceptors (Lipinski definition) is 1. The zero-order chi connectivity index (χ0) is 29.6. The summed E-state index contributed by atoms with van der Waals surface area (Å²) in [7, 11) is 0. The van der Waals surface area contributed by atoms with Gasteiger partial charge in [0.15, 0.2) is 0 Å². The van der Waals surface area contributed by atoms with Crippen LogP contribution in [0.5, 0.6) is 0 Å². The van der Waals surface area contributed by atoms with Crippen molar-refractivity contribution in [2.24, 2.45) is 0 Å². The lowest BCUT2D eigenvalue weighted by molar-refractivity contribution is 0.661. The molecule has 9 aromatic rings. The molecule has 1 nitrogen and oxygen atoms in total. The van der Waals surface area contributed by atoms with Crippen LogP contribution in [0.4, 0.5) is 0 Å². The molecule has 210 valence electrons. The Labute approximate surface area is 264 Å². The van der Waals surface area contributed by atoms with Crippen molar-refractivity contribution in [1.82, 2.24) is 4.57 Å². The average Bonchev–Trinajstić information content (AvgIpc) is 3.78. The van der Waals surface area contributed by atoms with E-state index in [1.807, 2.05) is 11.3 Å². The van der Waals surface area contributed by atoms with Crippen molar-refractivity contribution in [3.63, 3.8) is 0 Å². The van der Waals surface area contributed by atoms with Crippen molar-refractivity contribution in [3.05, 3.63) is 139 Å². The summed E-state index contributed by atoms with van der Waals surface area (Å²) >= 11 is 1.93. The molecule has 0 amide bonds. The van der Waals surface area contributed by atoms with Gasteiger partial charge >= 0.3 is 0 Å². The molecular formula is C43H27NS. The standard InChI is InChI=1S/C43H27NS/c1-43(2)34-15-6-3-10-24(34)32-22-33-25-11-4-7-16-36(25)44(38(33)23-35(32)43)37-21-20-31-40-27(13-9-14-30(37)40)28-18-19-29-26-12-5-8-17-39(26)45-42(29)41(28)31/h3-23H,1-2H3. The zero-order valence-electron chi connectivity index (χ0n) is 25.0. The maximum atomic E-state index is 2.53. The summed E-state index contributed by atoms with van der Waals surface area (Å²) in [6, 6.07) is 48.0. The molecule has 0 saturated heterocycles. The molecule has 2 heterocycles. The molecule has 45 heavy (non-hydrogen) atoms. The van der Waals surface area contributed by atoms with Gasteiger partial charge in [-0.15, -0.1) is 11.3 Å².